The molecule has 0 bridgehead atoms. The molecule has 1 aromatic rings. The molecule has 2 aliphatic rings. The highest BCUT2D eigenvalue weighted by Crippen LogP contribution is 2.42. The average molecular weight is 242 g/mol. The summed E-state index contributed by atoms with van der Waals surface area (Å²) < 4.78 is 32.6. The van der Waals surface area contributed by atoms with E-state index in [0.717, 1.165) is 38.0 Å². The van der Waals surface area contributed by atoms with E-state index in [1.54, 1.807) is 10.7 Å². The zero-order valence-electron chi connectivity index (χ0n) is 9.61. The van der Waals surface area contributed by atoms with Gasteiger partial charge in [-0.25, -0.2) is 8.78 Å². The van der Waals surface area contributed by atoms with E-state index in [4.69, 9.17) is 4.74 Å². The van der Waals surface area contributed by atoms with E-state index >= 15 is 0 Å². The second-order valence-electron chi connectivity index (χ2n) is 4.88. The Balaban J connectivity index is 1.89. The summed E-state index contributed by atoms with van der Waals surface area (Å²) in [5.41, 5.74) is 0.897. The van der Waals surface area contributed by atoms with Crippen LogP contribution in [0, 0.1) is 0 Å². The number of aromatic nitrogens is 2. The van der Waals surface area contributed by atoms with Crippen LogP contribution in [-0.2, 0) is 4.74 Å². The molecule has 1 atom stereocenters. The van der Waals surface area contributed by atoms with Gasteiger partial charge in [-0.3, -0.25) is 4.68 Å². The predicted octanol–water partition coefficient (Wildman–Crippen LogP) is 3.05. The summed E-state index contributed by atoms with van der Waals surface area (Å²) >= 11 is 0. The zero-order valence-corrected chi connectivity index (χ0v) is 9.61. The molecule has 17 heavy (non-hydrogen) atoms. The highest BCUT2D eigenvalue weighted by Gasteiger charge is 2.32. The second kappa shape index (κ2) is 4.37. The maximum atomic E-state index is 12.7. The van der Waals surface area contributed by atoms with Crippen LogP contribution in [0.4, 0.5) is 8.78 Å². The number of hydrogen-bond donors (Lipinski definition) is 0. The van der Waals surface area contributed by atoms with Crippen LogP contribution in [0.5, 0.6) is 0 Å². The molecular weight excluding hydrogens is 226 g/mol. The van der Waals surface area contributed by atoms with Crippen molar-refractivity contribution in [3.63, 3.8) is 0 Å². The van der Waals surface area contributed by atoms with Gasteiger partial charge in [0.25, 0.3) is 6.43 Å². The molecular formula is C12H16F2N2O. The van der Waals surface area contributed by atoms with Crippen molar-refractivity contribution in [2.45, 2.75) is 44.1 Å². The van der Waals surface area contributed by atoms with Crippen molar-refractivity contribution in [3.8, 4) is 0 Å². The molecule has 0 aromatic carbocycles. The molecule has 2 heterocycles. The summed E-state index contributed by atoms with van der Waals surface area (Å²) in [5.74, 6) is 0.442. The third-order valence-electron chi connectivity index (χ3n) is 3.48. The molecule has 1 unspecified atom stereocenters. The maximum Gasteiger partial charge on any atom is 0.282 e. The first kappa shape index (κ1) is 11.1. The van der Waals surface area contributed by atoms with Crippen LogP contribution in [0.15, 0.2) is 6.07 Å². The van der Waals surface area contributed by atoms with Crippen molar-refractivity contribution in [2.24, 2.45) is 0 Å². The quantitative estimate of drug-likeness (QED) is 0.814. The van der Waals surface area contributed by atoms with Gasteiger partial charge in [0.05, 0.1) is 12.6 Å². The lowest BCUT2D eigenvalue weighted by atomic mass is 10.1. The molecule has 0 N–H and O–H groups in total. The molecule has 1 saturated heterocycles. The van der Waals surface area contributed by atoms with Crippen LogP contribution in [-0.4, -0.2) is 23.0 Å². The van der Waals surface area contributed by atoms with E-state index in [-0.39, 0.29) is 11.7 Å². The molecule has 0 amide bonds. The van der Waals surface area contributed by atoms with Gasteiger partial charge in [-0.15, -0.1) is 0 Å². The van der Waals surface area contributed by atoms with Crippen LogP contribution in [0.25, 0.3) is 0 Å². The van der Waals surface area contributed by atoms with Crippen LogP contribution in [0.3, 0.4) is 0 Å². The average Bonchev–Trinajstić information content (AvgIpc) is 3.09. The Kier molecular flexibility index (Phi) is 2.86. The molecule has 1 aromatic heterocycles. The SMILES string of the molecule is FC(F)c1cc(C2CC2)n(C2CCCOC2)n1. The summed E-state index contributed by atoms with van der Waals surface area (Å²) in [7, 11) is 0. The summed E-state index contributed by atoms with van der Waals surface area (Å²) in [6.45, 7) is 1.38. The van der Waals surface area contributed by atoms with Crippen LogP contribution < -0.4 is 0 Å². The summed E-state index contributed by atoms with van der Waals surface area (Å²) in [6.07, 6.45) is 1.69. The topological polar surface area (TPSA) is 27.1 Å². The van der Waals surface area contributed by atoms with Gasteiger partial charge in [0, 0.05) is 18.2 Å². The Bertz CT molecular complexity index is 395. The molecule has 5 heteroatoms. The number of alkyl halides is 2. The van der Waals surface area contributed by atoms with Crippen molar-refractivity contribution in [2.75, 3.05) is 13.2 Å². The minimum absolute atomic E-state index is 0.0857. The molecule has 3 rings (SSSR count). The van der Waals surface area contributed by atoms with Crippen LogP contribution >= 0.6 is 0 Å². The van der Waals surface area contributed by atoms with Crippen molar-refractivity contribution < 1.29 is 13.5 Å². The Labute approximate surface area is 98.8 Å². The van der Waals surface area contributed by atoms with Gasteiger partial charge < -0.3 is 4.74 Å². The minimum Gasteiger partial charge on any atom is -0.379 e. The van der Waals surface area contributed by atoms with Crippen molar-refractivity contribution in [3.05, 3.63) is 17.5 Å². The minimum atomic E-state index is -2.47. The fourth-order valence-electron chi connectivity index (χ4n) is 2.43. The molecule has 1 aliphatic heterocycles. The maximum absolute atomic E-state index is 12.7. The van der Waals surface area contributed by atoms with E-state index < -0.39 is 6.43 Å². The van der Waals surface area contributed by atoms with E-state index in [1.807, 2.05) is 0 Å². The first-order chi connectivity index (χ1) is 8.25. The highest BCUT2D eigenvalue weighted by molar-refractivity contribution is 5.20. The van der Waals surface area contributed by atoms with Gasteiger partial charge in [-0.05, 0) is 31.7 Å². The normalized spacial score (nSPS) is 25.5. The Morgan fingerprint density at radius 3 is 2.76 bits per heavy atom. The van der Waals surface area contributed by atoms with Gasteiger partial charge in [-0.2, -0.15) is 5.10 Å². The number of halogens is 2. The molecule has 1 saturated carbocycles. The van der Waals surface area contributed by atoms with Gasteiger partial charge in [-0.1, -0.05) is 0 Å². The van der Waals surface area contributed by atoms with Crippen LogP contribution in [0.2, 0.25) is 0 Å². The lowest BCUT2D eigenvalue weighted by Crippen LogP contribution is -2.23. The van der Waals surface area contributed by atoms with Crippen molar-refractivity contribution in [1.29, 1.82) is 0 Å². The Hall–Kier alpha value is -0.970. The van der Waals surface area contributed by atoms with E-state index in [9.17, 15) is 8.78 Å². The Morgan fingerprint density at radius 1 is 1.35 bits per heavy atom. The number of hydrogen-bond acceptors (Lipinski definition) is 2. The third-order valence-corrected chi connectivity index (χ3v) is 3.48. The largest absolute Gasteiger partial charge is 0.379 e. The molecule has 0 radical (unpaired) electrons. The van der Waals surface area contributed by atoms with E-state index in [1.165, 1.54) is 0 Å². The number of ether oxygens (including phenoxy) is 1. The monoisotopic (exact) mass is 242 g/mol. The highest BCUT2D eigenvalue weighted by atomic mass is 19.3. The van der Waals surface area contributed by atoms with E-state index in [2.05, 4.69) is 5.10 Å². The number of nitrogens with zero attached hydrogens (tertiary/aromatic N) is 2. The Morgan fingerprint density at radius 2 is 2.18 bits per heavy atom. The first-order valence-corrected chi connectivity index (χ1v) is 6.21. The lowest BCUT2D eigenvalue weighted by molar-refractivity contribution is 0.0529. The predicted molar refractivity (Wildman–Crippen MR) is 58.2 cm³/mol. The van der Waals surface area contributed by atoms with Gasteiger partial charge in [0.1, 0.15) is 5.69 Å². The summed E-state index contributed by atoms with van der Waals surface area (Å²) in [4.78, 5) is 0. The zero-order chi connectivity index (χ0) is 11.8. The number of rotatable bonds is 3. The lowest BCUT2D eigenvalue weighted by Gasteiger charge is -2.24. The smallest absolute Gasteiger partial charge is 0.282 e. The van der Waals surface area contributed by atoms with Gasteiger partial charge in [0.15, 0.2) is 0 Å². The van der Waals surface area contributed by atoms with Crippen LogP contribution in [0.1, 0.15) is 55.5 Å². The second-order valence-corrected chi connectivity index (χ2v) is 4.88. The summed E-state index contributed by atoms with van der Waals surface area (Å²) in [5, 5.41) is 4.08. The molecule has 0 spiro atoms. The summed E-state index contributed by atoms with van der Waals surface area (Å²) in [6, 6.07) is 1.73. The molecule has 2 fully saturated rings. The fourth-order valence-corrected chi connectivity index (χ4v) is 2.43. The fraction of sp³-hybridized carbons (Fsp3) is 0.750. The van der Waals surface area contributed by atoms with Crippen molar-refractivity contribution in [1.82, 2.24) is 9.78 Å². The van der Waals surface area contributed by atoms with Gasteiger partial charge in [0.2, 0.25) is 0 Å². The first-order valence-electron chi connectivity index (χ1n) is 6.21. The molecule has 94 valence electrons. The van der Waals surface area contributed by atoms with Crippen molar-refractivity contribution >= 4 is 0 Å². The van der Waals surface area contributed by atoms with Gasteiger partial charge >= 0.3 is 0 Å². The standard InChI is InChI=1S/C12H16F2N2O/c13-12(14)10-6-11(8-3-4-8)16(15-10)9-2-1-5-17-7-9/h6,8-9,12H,1-5,7H2. The molecule has 3 nitrogen and oxygen atoms in total. The third kappa shape index (κ3) is 2.20. The molecule has 1 aliphatic carbocycles. The van der Waals surface area contributed by atoms with E-state index in [0.29, 0.717) is 12.5 Å².